The largest absolute Gasteiger partial charge is 0.334 e. The van der Waals surface area contributed by atoms with Gasteiger partial charge in [0.2, 0.25) is 5.91 Å². The number of halogens is 1. The molecule has 4 heteroatoms. The predicted octanol–water partition coefficient (Wildman–Crippen LogP) is 1.77. The number of amides is 1. The van der Waals surface area contributed by atoms with Crippen molar-refractivity contribution in [1.29, 1.82) is 5.26 Å². The molecule has 0 aromatic rings. The third-order valence-electron chi connectivity index (χ3n) is 3.22. The van der Waals surface area contributed by atoms with Crippen molar-refractivity contribution in [1.82, 2.24) is 4.90 Å². The summed E-state index contributed by atoms with van der Waals surface area (Å²) in [5, 5.41) is 9.00. The molecule has 0 saturated heterocycles. The zero-order valence-corrected chi connectivity index (χ0v) is 8.50. The van der Waals surface area contributed by atoms with E-state index in [4.69, 9.17) is 5.26 Å². The Balaban J connectivity index is 2.09. The van der Waals surface area contributed by atoms with Gasteiger partial charge in [-0.15, -0.1) is 0 Å². The lowest BCUT2D eigenvalue weighted by atomic mass is 9.69. The normalized spacial score (nSPS) is 23.7. The molecule has 1 aliphatic heterocycles. The van der Waals surface area contributed by atoms with E-state index in [2.05, 4.69) is 6.07 Å². The molecule has 2 rings (SSSR count). The van der Waals surface area contributed by atoms with Crippen LogP contribution in [0.15, 0.2) is 11.9 Å². The first-order valence-corrected chi connectivity index (χ1v) is 5.23. The van der Waals surface area contributed by atoms with Gasteiger partial charge in [-0.1, -0.05) is 0 Å². The van der Waals surface area contributed by atoms with Gasteiger partial charge >= 0.3 is 0 Å². The van der Waals surface area contributed by atoms with Crippen LogP contribution in [0.25, 0.3) is 0 Å². The van der Waals surface area contributed by atoms with E-state index in [1.807, 2.05) is 0 Å². The van der Waals surface area contributed by atoms with Gasteiger partial charge in [-0.3, -0.25) is 4.79 Å². The van der Waals surface area contributed by atoms with Crippen molar-refractivity contribution in [3.63, 3.8) is 0 Å². The third-order valence-corrected chi connectivity index (χ3v) is 3.22. The van der Waals surface area contributed by atoms with Crippen molar-refractivity contribution in [2.45, 2.75) is 25.7 Å². The fraction of sp³-hybridized carbons (Fsp3) is 0.636. The Morgan fingerprint density at radius 3 is 2.80 bits per heavy atom. The highest BCUT2D eigenvalue weighted by Gasteiger charge is 2.47. The van der Waals surface area contributed by atoms with Crippen molar-refractivity contribution in [2.24, 2.45) is 5.41 Å². The summed E-state index contributed by atoms with van der Waals surface area (Å²) in [4.78, 5) is 13.5. The molecule has 15 heavy (non-hydrogen) atoms. The number of hydrogen-bond acceptors (Lipinski definition) is 2. The highest BCUT2D eigenvalue weighted by atomic mass is 19.1. The van der Waals surface area contributed by atoms with Gasteiger partial charge in [0.1, 0.15) is 11.2 Å². The summed E-state index contributed by atoms with van der Waals surface area (Å²) >= 11 is 0. The molecule has 0 aromatic heterocycles. The minimum absolute atomic E-state index is 0.0439. The first-order valence-electron chi connectivity index (χ1n) is 5.23. The van der Waals surface area contributed by atoms with Gasteiger partial charge in [-0.05, 0) is 31.8 Å². The van der Waals surface area contributed by atoms with Gasteiger partial charge in [0.25, 0.3) is 0 Å². The lowest BCUT2D eigenvalue weighted by Crippen LogP contribution is -2.48. The molecule has 3 nitrogen and oxygen atoms in total. The van der Waals surface area contributed by atoms with Crippen LogP contribution >= 0.6 is 0 Å². The van der Waals surface area contributed by atoms with E-state index < -0.39 is 5.41 Å². The molecule has 0 bridgehead atoms. The van der Waals surface area contributed by atoms with Gasteiger partial charge in [0, 0.05) is 6.54 Å². The smallest absolute Gasteiger partial charge is 0.243 e. The van der Waals surface area contributed by atoms with Crippen molar-refractivity contribution in [3.05, 3.63) is 11.9 Å². The van der Waals surface area contributed by atoms with Crippen molar-refractivity contribution in [2.75, 3.05) is 13.1 Å². The van der Waals surface area contributed by atoms with Crippen LogP contribution < -0.4 is 0 Å². The summed E-state index contributed by atoms with van der Waals surface area (Å²) in [6, 6.07) is 2.09. The standard InChI is InChI=1S/C11H13FN2O/c12-9-3-1-6-14(7-9)10(15)11(8-13)4-2-5-11/h3H,1-2,4-7H2. The molecule has 0 unspecified atom stereocenters. The summed E-state index contributed by atoms with van der Waals surface area (Å²) in [6.07, 6.45) is 4.24. The van der Waals surface area contributed by atoms with Gasteiger partial charge in [0.15, 0.2) is 0 Å². The van der Waals surface area contributed by atoms with Crippen molar-refractivity contribution in [3.8, 4) is 6.07 Å². The van der Waals surface area contributed by atoms with E-state index in [0.29, 0.717) is 25.8 Å². The third kappa shape index (κ3) is 1.63. The van der Waals surface area contributed by atoms with E-state index >= 15 is 0 Å². The first-order chi connectivity index (χ1) is 7.18. The second kappa shape index (κ2) is 3.65. The molecule has 1 heterocycles. The zero-order chi connectivity index (χ0) is 10.9. The number of carbonyl (C=O) groups is 1. The van der Waals surface area contributed by atoms with Gasteiger partial charge < -0.3 is 4.90 Å². The van der Waals surface area contributed by atoms with Gasteiger partial charge in [0.05, 0.1) is 12.6 Å². The van der Waals surface area contributed by atoms with E-state index in [0.717, 1.165) is 6.42 Å². The van der Waals surface area contributed by atoms with Crippen LogP contribution in [0.2, 0.25) is 0 Å². The maximum Gasteiger partial charge on any atom is 0.243 e. The Morgan fingerprint density at radius 2 is 2.33 bits per heavy atom. The van der Waals surface area contributed by atoms with Crippen molar-refractivity contribution >= 4 is 5.91 Å². The topological polar surface area (TPSA) is 44.1 Å². The van der Waals surface area contributed by atoms with Crippen molar-refractivity contribution < 1.29 is 9.18 Å². The molecule has 1 aliphatic carbocycles. The lowest BCUT2D eigenvalue weighted by molar-refractivity contribution is -0.143. The second-order valence-corrected chi connectivity index (χ2v) is 4.21. The summed E-state index contributed by atoms with van der Waals surface area (Å²) in [7, 11) is 0. The average Bonchev–Trinajstić information content (AvgIpc) is 2.17. The molecule has 80 valence electrons. The number of rotatable bonds is 1. The number of hydrogen-bond donors (Lipinski definition) is 0. The molecular weight excluding hydrogens is 195 g/mol. The summed E-state index contributed by atoms with van der Waals surface area (Å²) in [5.41, 5.74) is -0.836. The minimum atomic E-state index is -0.836. The van der Waals surface area contributed by atoms with E-state index in [1.165, 1.54) is 11.0 Å². The first kappa shape index (κ1) is 10.2. The van der Waals surface area contributed by atoms with E-state index in [1.54, 1.807) is 0 Å². The minimum Gasteiger partial charge on any atom is -0.334 e. The number of nitrogens with zero attached hydrogens (tertiary/aromatic N) is 2. The number of carbonyl (C=O) groups excluding carboxylic acids is 1. The molecule has 0 N–H and O–H groups in total. The Labute approximate surface area is 88.2 Å². The van der Waals surface area contributed by atoms with Crippen LogP contribution in [0.3, 0.4) is 0 Å². The summed E-state index contributed by atoms with van der Waals surface area (Å²) < 4.78 is 13.0. The van der Waals surface area contributed by atoms with Gasteiger partial charge in [-0.25, -0.2) is 4.39 Å². The zero-order valence-electron chi connectivity index (χ0n) is 8.50. The van der Waals surface area contributed by atoms with Crippen LogP contribution in [0.1, 0.15) is 25.7 Å². The maximum absolute atomic E-state index is 13.0. The molecular formula is C11H13FN2O. The number of nitriles is 1. The highest BCUT2D eigenvalue weighted by molar-refractivity contribution is 5.86. The monoisotopic (exact) mass is 208 g/mol. The molecule has 1 fully saturated rings. The predicted molar refractivity (Wildman–Crippen MR) is 52.3 cm³/mol. The SMILES string of the molecule is N#CC1(C(=O)N2CCC=C(F)C2)CCC1. The average molecular weight is 208 g/mol. The molecule has 0 radical (unpaired) electrons. The van der Waals surface area contributed by atoms with Crippen LogP contribution in [-0.2, 0) is 4.79 Å². The van der Waals surface area contributed by atoms with Crippen LogP contribution in [0.4, 0.5) is 4.39 Å². The highest BCUT2D eigenvalue weighted by Crippen LogP contribution is 2.42. The van der Waals surface area contributed by atoms with Crippen LogP contribution in [0.5, 0.6) is 0 Å². The van der Waals surface area contributed by atoms with Gasteiger partial charge in [-0.2, -0.15) is 5.26 Å². The Bertz CT molecular complexity index is 352. The fourth-order valence-corrected chi connectivity index (χ4v) is 2.08. The second-order valence-electron chi connectivity index (χ2n) is 4.21. The van der Waals surface area contributed by atoms with E-state index in [9.17, 15) is 9.18 Å². The maximum atomic E-state index is 13.0. The molecule has 0 aromatic carbocycles. The molecule has 1 saturated carbocycles. The Hall–Kier alpha value is -1.37. The Morgan fingerprint density at radius 1 is 1.60 bits per heavy atom. The fourth-order valence-electron chi connectivity index (χ4n) is 2.08. The van der Waals surface area contributed by atoms with E-state index in [-0.39, 0.29) is 18.3 Å². The lowest BCUT2D eigenvalue weighted by Gasteiger charge is -2.38. The molecule has 0 atom stereocenters. The van der Waals surface area contributed by atoms with Crippen LogP contribution in [-0.4, -0.2) is 23.9 Å². The summed E-state index contributed by atoms with van der Waals surface area (Å²) in [5.74, 6) is -0.443. The van der Waals surface area contributed by atoms with Crippen LogP contribution in [0, 0.1) is 16.7 Å². The molecule has 0 spiro atoms. The Kier molecular flexibility index (Phi) is 2.47. The summed E-state index contributed by atoms with van der Waals surface area (Å²) in [6.45, 7) is 0.581. The quantitative estimate of drug-likeness (QED) is 0.659. The molecule has 2 aliphatic rings. The molecule has 1 amide bonds.